The number of fused-ring (bicyclic) bond motifs is 6. The van der Waals surface area contributed by atoms with Crippen LogP contribution in [-0.2, 0) is 0 Å². The van der Waals surface area contributed by atoms with Gasteiger partial charge in [-0.25, -0.2) is 4.98 Å². The first-order valence-electron chi connectivity index (χ1n) is 22.8. The number of hydrogen-bond donors (Lipinski definition) is 0. The Labute approximate surface area is 383 Å². The molecule has 0 aliphatic rings. The van der Waals surface area contributed by atoms with Gasteiger partial charge in [-0.2, -0.15) is 0 Å². The van der Waals surface area contributed by atoms with Gasteiger partial charge >= 0.3 is 0 Å². The molecular formula is C65H41N. The summed E-state index contributed by atoms with van der Waals surface area (Å²) in [6.45, 7) is 0. The molecule has 1 aromatic heterocycles. The van der Waals surface area contributed by atoms with Crippen molar-refractivity contribution >= 4 is 64.6 Å². The minimum absolute atomic E-state index is 0.943. The van der Waals surface area contributed by atoms with E-state index in [4.69, 9.17) is 4.98 Å². The second-order valence-electron chi connectivity index (χ2n) is 17.4. The third-order valence-electron chi connectivity index (χ3n) is 13.6. The van der Waals surface area contributed by atoms with Gasteiger partial charge in [-0.3, -0.25) is 0 Å². The number of nitrogens with zero attached hydrogens (tertiary/aromatic N) is 1. The Morgan fingerprint density at radius 2 is 0.621 bits per heavy atom. The van der Waals surface area contributed by atoms with Gasteiger partial charge in [-0.1, -0.05) is 218 Å². The van der Waals surface area contributed by atoms with E-state index in [1.807, 2.05) is 0 Å². The maximum absolute atomic E-state index is 5.43. The first-order chi connectivity index (χ1) is 32.7. The SMILES string of the molecule is c1ccc2cc(-c3c4ccccc4c(-c4ccc5ccccc5c4)c4cc(-c5ccc(-c6cc(-c7cccc8ccccc78)cc(-c7cccc8ccccc78)n6)cc5)ccc34)ccc2c1. The summed E-state index contributed by atoms with van der Waals surface area (Å²) in [6, 6.07) is 91.1. The third-order valence-corrected chi connectivity index (χ3v) is 13.6. The smallest absolute Gasteiger partial charge is 0.0721 e. The minimum atomic E-state index is 0.943. The number of rotatable bonds is 6. The summed E-state index contributed by atoms with van der Waals surface area (Å²) in [5.74, 6) is 0. The summed E-state index contributed by atoms with van der Waals surface area (Å²) in [5, 5.41) is 14.8. The maximum Gasteiger partial charge on any atom is 0.0721 e. The van der Waals surface area contributed by atoms with Crippen LogP contribution in [0.15, 0.2) is 249 Å². The van der Waals surface area contributed by atoms with Crippen molar-refractivity contribution in [3.63, 3.8) is 0 Å². The van der Waals surface area contributed by atoms with Crippen molar-refractivity contribution in [2.45, 2.75) is 0 Å². The highest BCUT2D eigenvalue weighted by molar-refractivity contribution is 6.22. The van der Waals surface area contributed by atoms with Crippen LogP contribution >= 0.6 is 0 Å². The molecule has 0 saturated carbocycles. The topological polar surface area (TPSA) is 12.9 Å². The second kappa shape index (κ2) is 15.6. The van der Waals surface area contributed by atoms with Gasteiger partial charge in [0.1, 0.15) is 0 Å². The van der Waals surface area contributed by atoms with Gasteiger partial charge in [-0.15, -0.1) is 0 Å². The van der Waals surface area contributed by atoms with Crippen LogP contribution in [0.1, 0.15) is 0 Å². The third kappa shape index (κ3) is 6.44. The molecule has 13 aromatic rings. The lowest BCUT2D eigenvalue weighted by Crippen LogP contribution is -1.93. The Kier molecular flexibility index (Phi) is 8.92. The average molecular weight is 836 g/mol. The molecule has 0 aliphatic heterocycles. The van der Waals surface area contributed by atoms with Crippen LogP contribution < -0.4 is 0 Å². The van der Waals surface area contributed by atoms with Crippen LogP contribution in [0, 0.1) is 0 Å². The molecule has 0 bridgehead atoms. The largest absolute Gasteiger partial charge is 0.248 e. The number of aromatic nitrogens is 1. The summed E-state index contributed by atoms with van der Waals surface area (Å²) in [7, 11) is 0. The van der Waals surface area contributed by atoms with Crippen molar-refractivity contribution < 1.29 is 0 Å². The highest BCUT2D eigenvalue weighted by Crippen LogP contribution is 2.46. The zero-order chi connectivity index (χ0) is 43.6. The molecular weight excluding hydrogens is 795 g/mol. The van der Waals surface area contributed by atoms with Crippen molar-refractivity contribution in [2.24, 2.45) is 0 Å². The van der Waals surface area contributed by atoms with Crippen molar-refractivity contribution in [3.05, 3.63) is 249 Å². The van der Waals surface area contributed by atoms with Crippen LogP contribution in [0.4, 0.5) is 0 Å². The van der Waals surface area contributed by atoms with Gasteiger partial charge in [0.2, 0.25) is 0 Å². The van der Waals surface area contributed by atoms with E-state index in [0.29, 0.717) is 0 Å². The molecule has 1 heterocycles. The molecule has 0 spiro atoms. The fourth-order valence-electron chi connectivity index (χ4n) is 10.4. The normalized spacial score (nSPS) is 11.6. The Morgan fingerprint density at radius 3 is 1.24 bits per heavy atom. The summed E-state index contributed by atoms with van der Waals surface area (Å²) in [6.07, 6.45) is 0. The van der Waals surface area contributed by atoms with Crippen LogP contribution in [0.5, 0.6) is 0 Å². The molecule has 0 unspecified atom stereocenters. The Morgan fingerprint density at radius 1 is 0.197 bits per heavy atom. The summed E-state index contributed by atoms with van der Waals surface area (Å²) < 4.78 is 0. The average Bonchev–Trinajstić information content (AvgIpc) is 3.39. The molecule has 12 aromatic carbocycles. The molecule has 0 amide bonds. The van der Waals surface area contributed by atoms with Crippen LogP contribution in [0.3, 0.4) is 0 Å². The Hall–Kier alpha value is -8.65. The molecule has 0 atom stereocenters. The van der Waals surface area contributed by atoms with Gasteiger partial charge in [0.25, 0.3) is 0 Å². The summed E-state index contributed by atoms with van der Waals surface area (Å²) in [5.41, 5.74) is 13.7. The van der Waals surface area contributed by atoms with Crippen LogP contribution in [-0.4, -0.2) is 4.98 Å². The molecule has 66 heavy (non-hydrogen) atoms. The molecule has 0 N–H and O–H groups in total. The van der Waals surface area contributed by atoms with Crippen LogP contribution in [0.25, 0.3) is 132 Å². The second-order valence-corrected chi connectivity index (χ2v) is 17.4. The van der Waals surface area contributed by atoms with E-state index >= 15 is 0 Å². The van der Waals surface area contributed by atoms with E-state index in [2.05, 4.69) is 249 Å². The van der Waals surface area contributed by atoms with Crippen molar-refractivity contribution in [1.29, 1.82) is 0 Å². The van der Waals surface area contributed by atoms with E-state index < -0.39 is 0 Å². The first-order valence-corrected chi connectivity index (χ1v) is 22.8. The fraction of sp³-hybridized carbons (Fsp3) is 0. The zero-order valence-electron chi connectivity index (χ0n) is 36.1. The van der Waals surface area contributed by atoms with E-state index in [9.17, 15) is 0 Å². The minimum Gasteiger partial charge on any atom is -0.248 e. The van der Waals surface area contributed by atoms with Gasteiger partial charge in [0, 0.05) is 11.1 Å². The molecule has 0 radical (unpaired) electrons. The lowest BCUT2D eigenvalue weighted by atomic mass is 9.84. The Balaban J connectivity index is 0.990. The molecule has 0 fully saturated rings. The molecule has 0 saturated heterocycles. The standard InChI is InChI=1S/C65H41N/c1-3-17-48-37-51(33-29-42(48)13-1)64-58-23-9-10-24-59(58)65(52-34-30-43-14-2-4-18-49(43)38-52)61-39-50(35-36-60(61)64)44-27-31-47(32-28-44)62-40-53(56-25-11-19-45-15-5-7-21-54(45)56)41-63(66-62)57-26-12-20-46-16-6-8-22-55(46)57/h1-41H. The van der Waals surface area contributed by atoms with Gasteiger partial charge in [0.15, 0.2) is 0 Å². The monoisotopic (exact) mass is 835 g/mol. The molecule has 1 nitrogen and oxygen atoms in total. The number of hydrogen-bond acceptors (Lipinski definition) is 1. The summed E-state index contributed by atoms with van der Waals surface area (Å²) in [4.78, 5) is 5.43. The van der Waals surface area contributed by atoms with Crippen molar-refractivity contribution in [1.82, 2.24) is 4.98 Å². The summed E-state index contributed by atoms with van der Waals surface area (Å²) >= 11 is 0. The van der Waals surface area contributed by atoms with Gasteiger partial charge < -0.3 is 0 Å². The van der Waals surface area contributed by atoms with E-state index in [1.165, 1.54) is 98.0 Å². The molecule has 306 valence electrons. The van der Waals surface area contributed by atoms with Crippen molar-refractivity contribution in [2.75, 3.05) is 0 Å². The van der Waals surface area contributed by atoms with E-state index in [0.717, 1.165) is 33.6 Å². The van der Waals surface area contributed by atoms with Gasteiger partial charge in [-0.05, 0) is 139 Å². The molecule has 1 heteroatoms. The highest BCUT2D eigenvalue weighted by atomic mass is 14.7. The quantitative estimate of drug-likeness (QED) is 0.152. The predicted octanol–water partition coefficient (Wildman–Crippen LogP) is 18.0. The molecule has 13 rings (SSSR count). The maximum atomic E-state index is 5.43. The zero-order valence-corrected chi connectivity index (χ0v) is 36.1. The van der Waals surface area contributed by atoms with E-state index in [1.54, 1.807) is 0 Å². The van der Waals surface area contributed by atoms with Crippen LogP contribution in [0.2, 0.25) is 0 Å². The fourth-order valence-corrected chi connectivity index (χ4v) is 10.4. The first kappa shape index (κ1) is 37.9. The highest BCUT2D eigenvalue weighted by Gasteiger charge is 2.19. The van der Waals surface area contributed by atoms with E-state index in [-0.39, 0.29) is 0 Å². The molecule has 0 aliphatic carbocycles. The predicted molar refractivity (Wildman–Crippen MR) is 282 cm³/mol. The lowest BCUT2D eigenvalue weighted by Gasteiger charge is -2.19. The van der Waals surface area contributed by atoms with Gasteiger partial charge in [0.05, 0.1) is 11.4 Å². The Bertz CT molecular complexity index is 3940. The van der Waals surface area contributed by atoms with Crippen molar-refractivity contribution in [3.8, 4) is 67.0 Å². The number of benzene rings is 12. The lowest BCUT2D eigenvalue weighted by molar-refractivity contribution is 1.33. The number of pyridine rings is 1.